The lowest BCUT2D eigenvalue weighted by molar-refractivity contribution is 0.261. The van der Waals surface area contributed by atoms with E-state index in [1.807, 2.05) is 6.92 Å². The number of aryl methyl sites for hydroxylation is 1. The number of anilines is 1. The summed E-state index contributed by atoms with van der Waals surface area (Å²) in [4.78, 5) is 6.60. The van der Waals surface area contributed by atoms with E-state index in [1.165, 1.54) is 18.0 Å². The van der Waals surface area contributed by atoms with Crippen molar-refractivity contribution in [3.63, 3.8) is 0 Å². The summed E-state index contributed by atoms with van der Waals surface area (Å²) in [6, 6.07) is 0.642. The molecule has 86 valence electrons. The normalized spacial score (nSPS) is 13.1. The van der Waals surface area contributed by atoms with Gasteiger partial charge in [0, 0.05) is 30.7 Å². The second kappa shape index (κ2) is 6.02. The summed E-state index contributed by atoms with van der Waals surface area (Å²) in [7, 11) is 2.15. The summed E-state index contributed by atoms with van der Waals surface area (Å²) >= 11 is 1.42. The highest BCUT2D eigenvalue weighted by Gasteiger charge is 2.06. The smallest absolute Gasteiger partial charge is 0.202 e. The molecule has 1 aromatic heterocycles. The van der Waals surface area contributed by atoms with Crippen molar-refractivity contribution in [2.45, 2.75) is 33.2 Å². The lowest BCUT2D eigenvalue weighted by Crippen LogP contribution is -2.32. The fraction of sp³-hybridized carbons (Fsp3) is 0.800. The number of likely N-dealkylation sites (N-methyl/N-ethyl adjacent to an activating group) is 1. The molecule has 15 heavy (non-hydrogen) atoms. The van der Waals surface area contributed by atoms with Gasteiger partial charge in [-0.1, -0.05) is 6.92 Å². The number of aromatic nitrogens is 2. The van der Waals surface area contributed by atoms with Crippen LogP contribution in [0.25, 0.3) is 0 Å². The summed E-state index contributed by atoms with van der Waals surface area (Å²) in [6.45, 7) is 8.33. The molecular weight excluding hydrogens is 208 g/mol. The molecule has 0 aliphatic rings. The van der Waals surface area contributed by atoms with E-state index in [9.17, 15) is 0 Å². The number of hydrogen-bond donors (Lipinski definition) is 1. The molecular formula is C10H20N4S. The van der Waals surface area contributed by atoms with Crippen LogP contribution in [-0.4, -0.2) is 40.4 Å². The maximum atomic E-state index is 4.25. The monoisotopic (exact) mass is 228 g/mol. The van der Waals surface area contributed by atoms with Gasteiger partial charge in [0.1, 0.15) is 5.82 Å². The van der Waals surface area contributed by atoms with E-state index >= 15 is 0 Å². The average Bonchev–Trinajstić information content (AvgIpc) is 2.63. The molecule has 0 amide bonds. The number of nitrogens with one attached hydrogen (secondary N) is 1. The molecule has 0 radical (unpaired) electrons. The Morgan fingerprint density at radius 2 is 2.27 bits per heavy atom. The minimum absolute atomic E-state index is 0.642. The average molecular weight is 228 g/mol. The zero-order valence-corrected chi connectivity index (χ0v) is 10.8. The zero-order valence-electron chi connectivity index (χ0n) is 9.95. The molecule has 1 heterocycles. The number of rotatable bonds is 6. The largest absolute Gasteiger partial charge is 0.359 e. The number of hydrogen-bond acceptors (Lipinski definition) is 5. The molecule has 0 bridgehead atoms. The molecule has 0 spiro atoms. The quantitative estimate of drug-likeness (QED) is 0.808. The van der Waals surface area contributed by atoms with E-state index in [0.717, 1.165) is 24.0 Å². The van der Waals surface area contributed by atoms with Gasteiger partial charge in [0.15, 0.2) is 0 Å². The molecule has 0 saturated carbocycles. The van der Waals surface area contributed by atoms with Gasteiger partial charge >= 0.3 is 0 Å². The predicted molar refractivity (Wildman–Crippen MR) is 65.5 cm³/mol. The Morgan fingerprint density at radius 3 is 2.80 bits per heavy atom. The second-order valence-corrected chi connectivity index (χ2v) is 4.56. The standard InChI is InChI=1S/C10H20N4S/c1-5-8(2)14(4)7-6-11-10-12-9(3)13-15-10/h8H,5-7H2,1-4H3,(H,11,12,13). The van der Waals surface area contributed by atoms with E-state index in [4.69, 9.17) is 0 Å². The van der Waals surface area contributed by atoms with Gasteiger partial charge in [-0.3, -0.25) is 0 Å². The first-order valence-electron chi connectivity index (χ1n) is 5.38. The molecule has 4 nitrogen and oxygen atoms in total. The third-order valence-electron chi connectivity index (χ3n) is 2.61. The van der Waals surface area contributed by atoms with Gasteiger partial charge in [0.2, 0.25) is 5.13 Å². The Labute approximate surface area is 95.9 Å². The van der Waals surface area contributed by atoms with Crippen molar-refractivity contribution < 1.29 is 0 Å². The van der Waals surface area contributed by atoms with E-state index < -0.39 is 0 Å². The van der Waals surface area contributed by atoms with Gasteiger partial charge in [-0.2, -0.15) is 4.37 Å². The Morgan fingerprint density at radius 1 is 1.53 bits per heavy atom. The van der Waals surface area contributed by atoms with Crippen LogP contribution in [0.15, 0.2) is 0 Å². The SMILES string of the molecule is CCC(C)N(C)CCNc1nc(C)ns1. The fourth-order valence-electron chi connectivity index (χ4n) is 1.24. The molecule has 0 saturated heterocycles. The molecule has 1 atom stereocenters. The van der Waals surface area contributed by atoms with Crippen LogP contribution >= 0.6 is 11.5 Å². The van der Waals surface area contributed by atoms with Crippen LogP contribution in [0.5, 0.6) is 0 Å². The molecule has 1 N–H and O–H groups in total. The Hall–Kier alpha value is -0.680. The molecule has 0 fully saturated rings. The highest BCUT2D eigenvalue weighted by atomic mass is 32.1. The van der Waals surface area contributed by atoms with Crippen molar-refractivity contribution in [1.82, 2.24) is 14.3 Å². The summed E-state index contributed by atoms with van der Waals surface area (Å²) in [5.74, 6) is 0.845. The van der Waals surface area contributed by atoms with Crippen LogP contribution in [0.3, 0.4) is 0 Å². The second-order valence-electron chi connectivity index (χ2n) is 3.81. The van der Waals surface area contributed by atoms with Crippen molar-refractivity contribution in [2.24, 2.45) is 0 Å². The van der Waals surface area contributed by atoms with Crippen molar-refractivity contribution in [3.05, 3.63) is 5.82 Å². The number of nitrogens with zero attached hydrogens (tertiary/aromatic N) is 3. The van der Waals surface area contributed by atoms with Crippen LogP contribution in [0.1, 0.15) is 26.1 Å². The van der Waals surface area contributed by atoms with Crippen molar-refractivity contribution in [2.75, 3.05) is 25.5 Å². The Balaban J connectivity index is 2.21. The van der Waals surface area contributed by atoms with Gasteiger partial charge in [-0.25, -0.2) is 4.98 Å². The molecule has 0 aliphatic heterocycles. The Bertz CT molecular complexity index is 287. The highest BCUT2D eigenvalue weighted by Crippen LogP contribution is 2.09. The molecule has 1 unspecified atom stereocenters. The molecule has 0 aliphatic carbocycles. The highest BCUT2D eigenvalue weighted by molar-refractivity contribution is 7.09. The lowest BCUT2D eigenvalue weighted by Gasteiger charge is -2.23. The summed E-state index contributed by atoms with van der Waals surface area (Å²) in [5, 5.41) is 4.20. The van der Waals surface area contributed by atoms with Crippen LogP contribution in [0.4, 0.5) is 5.13 Å². The van der Waals surface area contributed by atoms with Gasteiger partial charge in [0.25, 0.3) is 0 Å². The van der Waals surface area contributed by atoms with Crippen molar-refractivity contribution >= 4 is 16.7 Å². The molecule has 5 heteroatoms. The third kappa shape index (κ3) is 4.13. The van der Waals surface area contributed by atoms with Crippen molar-refractivity contribution in [3.8, 4) is 0 Å². The van der Waals surface area contributed by atoms with Crippen molar-refractivity contribution in [1.29, 1.82) is 0 Å². The first kappa shape index (κ1) is 12.4. The van der Waals surface area contributed by atoms with E-state index in [1.54, 1.807) is 0 Å². The van der Waals surface area contributed by atoms with Gasteiger partial charge in [0.05, 0.1) is 0 Å². The predicted octanol–water partition coefficient (Wildman–Crippen LogP) is 1.99. The first-order chi connectivity index (χ1) is 7.13. The van der Waals surface area contributed by atoms with E-state index in [2.05, 4.69) is 40.5 Å². The van der Waals surface area contributed by atoms with Crippen LogP contribution in [0.2, 0.25) is 0 Å². The summed E-state index contributed by atoms with van der Waals surface area (Å²) < 4.78 is 4.12. The van der Waals surface area contributed by atoms with Crippen LogP contribution in [-0.2, 0) is 0 Å². The molecule has 1 rings (SSSR count). The zero-order chi connectivity index (χ0) is 11.3. The first-order valence-corrected chi connectivity index (χ1v) is 6.15. The van der Waals surface area contributed by atoms with Gasteiger partial charge in [-0.15, -0.1) is 0 Å². The minimum atomic E-state index is 0.642. The van der Waals surface area contributed by atoms with Gasteiger partial charge in [-0.05, 0) is 27.3 Å². The minimum Gasteiger partial charge on any atom is -0.359 e. The van der Waals surface area contributed by atoms with E-state index in [0.29, 0.717) is 6.04 Å². The molecule has 1 aromatic rings. The maximum absolute atomic E-state index is 4.25. The molecule has 0 aromatic carbocycles. The van der Waals surface area contributed by atoms with Crippen LogP contribution in [0, 0.1) is 6.92 Å². The van der Waals surface area contributed by atoms with Crippen LogP contribution < -0.4 is 5.32 Å². The summed E-state index contributed by atoms with van der Waals surface area (Å²) in [5.41, 5.74) is 0. The Kier molecular flexibility index (Phi) is 4.98. The fourth-order valence-corrected chi connectivity index (χ4v) is 1.84. The van der Waals surface area contributed by atoms with E-state index in [-0.39, 0.29) is 0 Å². The lowest BCUT2D eigenvalue weighted by atomic mass is 10.2. The third-order valence-corrected chi connectivity index (χ3v) is 3.38. The maximum Gasteiger partial charge on any atom is 0.202 e. The topological polar surface area (TPSA) is 41.0 Å². The summed E-state index contributed by atoms with van der Waals surface area (Å²) in [6.07, 6.45) is 1.19. The van der Waals surface area contributed by atoms with Gasteiger partial charge < -0.3 is 10.2 Å².